The molecule has 1 aliphatic carbocycles. The first kappa shape index (κ1) is 12.8. The summed E-state index contributed by atoms with van der Waals surface area (Å²) in [7, 11) is 0. The van der Waals surface area contributed by atoms with E-state index in [0.29, 0.717) is 6.10 Å². The topological polar surface area (TPSA) is 12.5 Å². The van der Waals surface area contributed by atoms with E-state index >= 15 is 0 Å². The summed E-state index contributed by atoms with van der Waals surface area (Å²) in [5.41, 5.74) is 0. The van der Waals surface area contributed by atoms with Crippen LogP contribution in [0.1, 0.15) is 44.9 Å². The molecule has 0 aromatic heterocycles. The van der Waals surface area contributed by atoms with Gasteiger partial charge in [-0.3, -0.25) is 4.90 Å². The predicted octanol–water partition coefficient (Wildman–Crippen LogP) is 3.20. The number of hydrogen-bond acceptors (Lipinski definition) is 2. The van der Waals surface area contributed by atoms with Crippen LogP contribution in [0, 0.1) is 0 Å². The zero-order chi connectivity index (χ0) is 11.2. The Hall–Kier alpha value is 0.400. The van der Waals surface area contributed by atoms with Crippen LogP contribution in [0.5, 0.6) is 0 Å². The summed E-state index contributed by atoms with van der Waals surface area (Å²) in [6.07, 6.45) is 9.94. The first-order valence-electron chi connectivity index (χ1n) is 6.82. The van der Waals surface area contributed by atoms with Crippen LogP contribution in [-0.4, -0.2) is 42.1 Å². The van der Waals surface area contributed by atoms with E-state index in [0.717, 1.165) is 18.0 Å². The molecule has 2 rings (SSSR count). The molecule has 1 aliphatic heterocycles. The van der Waals surface area contributed by atoms with Crippen molar-refractivity contribution in [3.63, 3.8) is 0 Å². The first-order valence-corrected chi connectivity index (χ1v) is 7.94. The Bertz CT molecular complexity index is 190. The van der Waals surface area contributed by atoms with Gasteiger partial charge < -0.3 is 4.74 Å². The van der Waals surface area contributed by atoms with Gasteiger partial charge in [-0.15, -0.1) is 0 Å². The molecule has 2 nitrogen and oxygen atoms in total. The summed E-state index contributed by atoms with van der Waals surface area (Å²) in [5.74, 6) is 0. The van der Waals surface area contributed by atoms with Crippen molar-refractivity contribution in [2.75, 3.05) is 25.0 Å². The van der Waals surface area contributed by atoms with Crippen molar-refractivity contribution in [3.8, 4) is 0 Å². The van der Waals surface area contributed by atoms with Gasteiger partial charge in [0.05, 0.1) is 6.10 Å². The zero-order valence-corrected chi connectivity index (χ0v) is 11.8. The number of alkyl halides is 1. The lowest BCUT2D eigenvalue weighted by atomic mass is 9.91. The van der Waals surface area contributed by atoms with E-state index in [4.69, 9.17) is 4.74 Å². The maximum Gasteiger partial charge on any atom is 0.0702 e. The van der Waals surface area contributed by atoms with Crippen LogP contribution in [0.3, 0.4) is 0 Å². The maximum absolute atomic E-state index is 5.85. The molecule has 16 heavy (non-hydrogen) atoms. The highest BCUT2D eigenvalue weighted by molar-refractivity contribution is 9.09. The SMILES string of the molecule is BrCCCN(CC1CCCCO1)C1CCC1. The van der Waals surface area contributed by atoms with Gasteiger partial charge in [-0.1, -0.05) is 22.4 Å². The molecule has 0 spiro atoms. The van der Waals surface area contributed by atoms with Crippen LogP contribution in [0.2, 0.25) is 0 Å². The Morgan fingerprint density at radius 1 is 1.12 bits per heavy atom. The van der Waals surface area contributed by atoms with Gasteiger partial charge in [0.2, 0.25) is 0 Å². The van der Waals surface area contributed by atoms with Gasteiger partial charge in [-0.2, -0.15) is 0 Å². The fourth-order valence-corrected chi connectivity index (χ4v) is 2.90. The Morgan fingerprint density at radius 3 is 2.56 bits per heavy atom. The number of ether oxygens (including phenoxy) is 1. The number of rotatable bonds is 6. The maximum atomic E-state index is 5.85. The van der Waals surface area contributed by atoms with Gasteiger partial charge in [0.15, 0.2) is 0 Å². The predicted molar refractivity (Wildman–Crippen MR) is 71.2 cm³/mol. The molecule has 0 aromatic carbocycles. The Morgan fingerprint density at radius 2 is 2.00 bits per heavy atom. The summed E-state index contributed by atoms with van der Waals surface area (Å²) < 4.78 is 5.85. The molecule has 0 amide bonds. The van der Waals surface area contributed by atoms with Crippen LogP contribution < -0.4 is 0 Å². The third kappa shape index (κ3) is 3.71. The van der Waals surface area contributed by atoms with Crippen LogP contribution >= 0.6 is 15.9 Å². The number of hydrogen-bond donors (Lipinski definition) is 0. The van der Waals surface area contributed by atoms with E-state index in [1.54, 1.807) is 0 Å². The molecule has 1 atom stereocenters. The minimum Gasteiger partial charge on any atom is -0.377 e. The van der Waals surface area contributed by atoms with Crippen molar-refractivity contribution in [2.45, 2.75) is 57.1 Å². The van der Waals surface area contributed by atoms with Crippen molar-refractivity contribution in [3.05, 3.63) is 0 Å². The van der Waals surface area contributed by atoms with Crippen molar-refractivity contribution in [2.24, 2.45) is 0 Å². The molecule has 1 saturated carbocycles. The van der Waals surface area contributed by atoms with Crippen LogP contribution in [0.25, 0.3) is 0 Å². The molecule has 1 heterocycles. The second-order valence-electron chi connectivity index (χ2n) is 5.11. The monoisotopic (exact) mass is 289 g/mol. The van der Waals surface area contributed by atoms with Gasteiger partial charge in [0.25, 0.3) is 0 Å². The Balaban J connectivity index is 1.75. The molecule has 1 saturated heterocycles. The lowest BCUT2D eigenvalue weighted by Gasteiger charge is -2.40. The Kier molecular flexibility index (Phi) is 5.60. The van der Waals surface area contributed by atoms with Crippen molar-refractivity contribution >= 4 is 15.9 Å². The highest BCUT2D eigenvalue weighted by Crippen LogP contribution is 2.26. The minimum absolute atomic E-state index is 0.518. The summed E-state index contributed by atoms with van der Waals surface area (Å²) >= 11 is 3.53. The highest BCUT2D eigenvalue weighted by atomic mass is 79.9. The summed E-state index contributed by atoms with van der Waals surface area (Å²) in [6.45, 7) is 3.41. The molecular weight excluding hydrogens is 266 g/mol. The molecule has 2 aliphatic rings. The number of nitrogens with zero attached hydrogens (tertiary/aromatic N) is 1. The third-order valence-corrected chi connectivity index (χ3v) is 4.44. The second kappa shape index (κ2) is 6.97. The van der Waals surface area contributed by atoms with Gasteiger partial charge in [-0.05, 0) is 45.1 Å². The molecule has 0 N–H and O–H groups in total. The van der Waals surface area contributed by atoms with Crippen LogP contribution in [0.4, 0.5) is 0 Å². The molecule has 3 heteroatoms. The fraction of sp³-hybridized carbons (Fsp3) is 1.00. The van der Waals surface area contributed by atoms with E-state index in [-0.39, 0.29) is 0 Å². The summed E-state index contributed by atoms with van der Waals surface area (Å²) in [5, 5.41) is 1.13. The number of halogens is 1. The second-order valence-corrected chi connectivity index (χ2v) is 5.90. The zero-order valence-electron chi connectivity index (χ0n) is 10.2. The largest absolute Gasteiger partial charge is 0.377 e. The first-order chi connectivity index (χ1) is 7.90. The quantitative estimate of drug-likeness (QED) is 0.697. The lowest BCUT2D eigenvalue weighted by Crippen LogP contribution is -2.45. The van der Waals surface area contributed by atoms with Gasteiger partial charge in [0, 0.05) is 24.5 Å². The molecule has 94 valence electrons. The molecule has 2 fully saturated rings. The third-order valence-electron chi connectivity index (χ3n) is 3.88. The summed E-state index contributed by atoms with van der Waals surface area (Å²) in [4.78, 5) is 2.68. The smallest absolute Gasteiger partial charge is 0.0702 e. The van der Waals surface area contributed by atoms with E-state index < -0.39 is 0 Å². The molecule has 0 radical (unpaired) electrons. The van der Waals surface area contributed by atoms with Gasteiger partial charge >= 0.3 is 0 Å². The highest BCUT2D eigenvalue weighted by Gasteiger charge is 2.27. The Labute approximate surface area is 108 Å². The van der Waals surface area contributed by atoms with E-state index in [1.165, 1.54) is 58.0 Å². The molecule has 0 aromatic rings. The van der Waals surface area contributed by atoms with Crippen molar-refractivity contribution in [1.82, 2.24) is 4.90 Å². The normalized spacial score (nSPS) is 27.0. The molecule has 1 unspecified atom stereocenters. The summed E-state index contributed by atoms with van der Waals surface area (Å²) in [6, 6.07) is 0.865. The van der Waals surface area contributed by atoms with E-state index in [9.17, 15) is 0 Å². The van der Waals surface area contributed by atoms with Crippen LogP contribution in [-0.2, 0) is 4.74 Å². The van der Waals surface area contributed by atoms with E-state index in [1.807, 2.05) is 0 Å². The average molecular weight is 290 g/mol. The average Bonchev–Trinajstić information content (AvgIpc) is 2.25. The molecule has 0 bridgehead atoms. The standard InChI is InChI=1S/C13H24BrNO/c14-8-4-9-15(12-5-3-6-12)11-13-7-1-2-10-16-13/h12-13H,1-11H2. The van der Waals surface area contributed by atoms with E-state index in [2.05, 4.69) is 20.8 Å². The van der Waals surface area contributed by atoms with Crippen molar-refractivity contribution < 1.29 is 4.74 Å². The van der Waals surface area contributed by atoms with Crippen LogP contribution in [0.15, 0.2) is 0 Å². The fourth-order valence-electron chi connectivity index (χ4n) is 2.65. The van der Waals surface area contributed by atoms with Crippen molar-refractivity contribution in [1.29, 1.82) is 0 Å². The lowest BCUT2D eigenvalue weighted by molar-refractivity contribution is -0.0216. The minimum atomic E-state index is 0.518. The van der Waals surface area contributed by atoms with Gasteiger partial charge in [-0.25, -0.2) is 0 Å². The molecular formula is C13H24BrNO. The van der Waals surface area contributed by atoms with Gasteiger partial charge in [0.1, 0.15) is 0 Å².